The fourth-order valence-electron chi connectivity index (χ4n) is 9.55. The highest BCUT2D eigenvalue weighted by Crippen LogP contribution is 2.43. The molecule has 0 saturated carbocycles. The Kier molecular flexibility index (Phi) is 20.0. The molecule has 1 aromatic heterocycles. The van der Waals surface area contributed by atoms with Crippen LogP contribution in [-0.2, 0) is 61.3 Å². The van der Waals surface area contributed by atoms with Crippen LogP contribution in [0.4, 0.5) is 14.4 Å². The smallest absolute Gasteiger partial charge is 0.408 e. The largest absolute Gasteiger partial charge is 0.451 e. The van der Waals surface area contributed by atoms with E-state index in [1.54, 1.807) is 95.4 Å². The zero-order chi connectivity index (χ0) is 61.8. The molecule has 2 fully saturated rings. The van der Waals surface area contributed by atoms with Gasteiger partial charge in [0.1, 0.15) is 35.4 Å². The van der Waals surface area contributed by atoms with E-state index in [4.69, 9.17) is 18.9 Å². The molecule has 0 radical (unpaired) electrons. The second-order valence-corrected chi connectivity index (χ2v) is 23.1. The van der Waals surface area contributed by atoms with Crippen LogP contribution >= 0.6 is 23.5 Å². The number of ether oxygens (including phenoxy) is 4. The first-order valence-corrected chi connectivity index (χ1v) is 29.7. The summed E-state index contributed by atoms with van der Waals surface area (Å²) in [7, 11) is 1.67. The molecule has 5 aromatic carbocycles. The van der Waals surface area contributed by atoms with Crippen molar-refractivity contribution in [2.24, 2.45) is 7.05 Å². The van der Waals surface area contributed by atoms with Crippen molar-refractivity contribution in [3.8, 4) is 0 Å². The highest BCUT2D eigenvalue weighted by atomic mass is 32.2. The lowest BCUT2D eigenvalue weighted by atomic mass is 9.99. The minimum atomic E-state index is -1.57. The van der Waals surface area contributed by atoms with Gasteiger partial charge in [0.05, 0.1) is 0 Å². The van der Waals surface area contributed by atoms with Gasteiger partial charge in [0.2, 0.25) is 11.1 Å². The summed E-state index contributed by atoms with van der Waals surface area (Å²) in [6.45, 7) is 5.93. The van der Waals surface area contributed by atoms with Crippen molar-refractivity contribution in [3.63, 3.8) is 0 Å². The van der Waals surface area contributed by atoms with Crippen molar-refractivity contribution in [3.05, 3.63) is 190 Å². The molecule has 4 atom stereocenters. The number of fused-ring (bicyclic) bond motifs is 1. The number of nitrogens with one attached hydrogen (secondary N) is 4. The maximum Gasteiger partial charge on any atom is 0.408 e. The van der Waals surface area contributed by atoms with E-state index in [1.807, 2.05) is 72.8 Å². The molecule has 1 unspecified atom stereocenters. The van der Waals surface area contributed by atoms with E-state index in [0.717, 1.165) is 0 Å². The molecule has 9 rings (SSSR count). The second kappa shape index (κ2) is 28.1. The Hall–Kier alpha value is -9.56. The monoisotopic (exact) mass is 1220 g/mol. The van der Waals surface area contributed by atoms with Gasteiger partial charge in [0.25, 0.3) is 5.91 Å². The van der Waals surface area contributed by atoms with Gasteiger partial charge in [0.15, 0.2) is 18.2 Å². The Morgan fingerprint density at radius 1 is 0.713 bits per heavy atom. The maximum absolute atomic E-state index is 14.7. The van der Waals surface area contributed by atoms with Gasteiger partial charge in [0, 0.05) is 44.7 Å². The zero-order valence-corrected chi connectivity index (χ0v) is 49.7. The third-order valence-electron chi connectivity index (χ3n) is 13.9. The second-order valence-electron chi connectivity index (χ2n) is 21.1. The van der Waals surface area contributed by atoms with Crippen molar-refractivity contribution in [1.29, 1.82) is 0 Å². The van der Waals surface area contributed by atoms with Gasteiger partial charge in [-0.05, 0) is 77.1 Å². The van der Waals surface area contributed by atoms with Crippen LogP contribution in [0.2, 0.25) is 0 Å². The number of aryl methyl sites for hydroxylation is 1. The molecule has 26 heteroatoms. The van der Waals surface area contributed by atoms with Crippen molar-refractivity contribution in [1.82, 2.24) is 56.2 Å². The van der Waals surface area contributed by atoms with Crippen LogP contribution in [-0.4, -0.2) is 149 Å². The van der Waals surface area contributed by atoms with E-state index in [9.17, 15) is 43.2 Å². The number of thioether (sulfide) groups is 2. The van der Waals surface area contributed by atoms with Crippen molar-refractivity contribution >= 4 is 77.3 Å². The predicted octanol–water partition coefficient (Wildman–Crippen LogP) is 5.88. The lowest BCUT2D eigenvalue weighted by Gasteiger charge is -2.50. The first-order valence-electron chi connectivity index (χ1n) is 27.7. The number of piperazine rings is 1. The van der Waals surface area contributed by atoms with E-state index in [0.29, 0.717) is 43.4 Å². The lowest BCUT2D eigenvalue weighted by Crippen LogP contribution is -2.71. The maximum atomic E-state index is 14.7. The van der Waals surface area contributed by atoms with Crippen LogP contribution in [0.3, 0.4) is 0 Å². The standard InChI is InChI=1S/C61H63N11O13S2/c1-6-70-31-32-71(53(76)52(70)75)57(79)65-45(38-29-27-37(28-30-38)33-62-59(80)82-34-44(63-60(81)85-61(2,3)4)55(77)83-48(39-19-11-7-12-20-39)40-21-13-8-14-22-40)50(73)64-46-51(74)72-47(43(35-86-54(46)72)36-87-58-66-67-68-69(58)5)56(78)84-49(41-23-15-9-16-24-41)42-25-17-10-18-26-42/h7-30,44-46,48-49,54H,6,31-36H2,1-5H3,(H,62,80)(H,63,81)(H,64,73)(H,65,79)/t44?,45-,46-,54-/m1/s1. The lowest BCUT2D eigenvalue weighted by molar-refractivity contribution is -0.155. The normalized spacial score (nSPS) is 16.5. The number of tetrazole rings is 1. The SMILES string of the molecule is CCN1CCN(C(=O)N[C@@H](C(=O)N[C@@H]2C(=O)N3C(C(=O)OC(c4ccccc4)c4ccccc4)=C(CSc4nnnn4C)CS[C@H]23)c2ccc(CNC(=O)OCC(NC(=O)OC(C)(C)C)C(=O)OC(c3ccccc3)c3ccccc3)cc2)C(=O)C1=O. The van der Waals surface area contributed by atoms with Gasteiger partial charge >= 0.3 is 42.0 Å². The number of rotatable bonds is 21. The van der Waals surface area contributed by atoms with Gasteiger partial charge in [-0.1, -0.05) is 157 Å². The Labute approximate surface area is 509 Å². The van der Waals surface area contributed by atoms with Crippen LogP contribution in [0.1, 0.15) is 79.3 Å². The number of hydrogen-bond donors (Lipinski definition) is 4. The molecule has 6 aromatic rings. The molecule has 8 amide bonds. The number of carbonyl (C=O) groups is 9. The van der Waals surface area contributed by atoms with Crippen LogP contribution in [0.15, 0.2) is 162 Å². The predicted molar refractivity (Wildman–Crippen MR) is 316 cm³/mol. The molecule has 0 aliphatic carbocycles. The van der Waals surface area contributed by atoms with Gasteiger partial charge in [-0.3, -0.25) is 29.0 Å². The first kappa shape index (κ1) is 62.0. The van der Waals surface area contributed by atoms with Gasteiger partial charge in [-0.25, -0.2) is 28.7 Å². The number of carbonyl (C=O) groups excluding carboxylic acids is 9. The molecule has 87 heavy (non-hydrogen) atoms. The Morgan fingerprint density at radius 2 is 1.29 bits per heavy atom. The van der Waals surface area contributed by atoms with Crippen molar-refractivity contribution in [2.45, 2.75) is 80.7 Å². The third-order valence-corrected chi connectivity index (χ3v) is 16.4. The van der Waals surface area contributed by atoms with Gasteiger partial charge in [-0.15, -0.1) is 16.9 Å². The van der Waals surface area contributed by atoms with Gasteiger partial charge in [-0.2, -0.15) is 0 Å². The third kappa shape index (κ3) is 15.3. The number of alkyl carbamates (subject to hydrolysis) is 2. The van der Waals surface area contributed by atoms with Crippen LogP contribution in [0.5, 0.6) is 0 Å². The average molecular weight is 1220 g/mol. The summed E-state index contributed by atoms with van der Waals surface area (Å²) in [6.07, 6.45) is -3.69. The summed E-state index contributed by atoms with van der Waals surface area (Å²) in [5.41, 5.74) is 2.93. The molecule has 4 heterocycles. The fourth-order valence-corrected chi connectivity index (χ4v) is 11.9. The molecule has 0 bridgehead atoms. The van der Waals surface area contributed by atoms with Crippen molar-refractivity contribution < 1.29 is 62.1 Å². The molecular formula is C61H63N11O13S2. The molecule has 24 nitrogen and oxygen atoms in total. The number of esters is 2. The summed E-state index contributed by atoms with van der Waals surface area (Å²) in [5.74, 6) is -4.78. The molecule has 3 aliphatic rings. The summed E-state index contributed by atoms with van der Waals surface area (Å²) < 4.78 is 24.6. The van der Waals surface area contributed by atoms with Crippen LogP contribution in [0.25, 0.3) is 0 Å². The minimum absolute atomic E-state index is 0.00308. The Bertz CT molecular complexity index is 3440. The highest BCUT2D eigenvalue weighted by Gasteiger charge is 2.55. The Morgan fingerprint density at radius 3 is 1.83 bits per heavy atom. The highest BCUT2D eigenvalue weighted by molar-refractivity contribution is 8.01. The summed E-state index contributed by atoms with van der Waals surface area (Å²) in [4.78, 5) is 128. The summed E-state index contributed by atoms with van der Waals surface area (Å²) in [6, 6.07) is 36.9. The summed E-state index contributed by atoms with van der Waals surface area (Å²) in [5, 5.41) is 21.7. The molecule has 452 valence electrons. The number of hydrogen-bond acceptors (Lipinski definition) is 18. The van der Waals surface area contributed by atoms with E-state index in [1.165, 1.54) is 50.1 Å². The quantitative estimate of drug-likeness (QED) is 0.0215. The molecule has 4 N–H and O–H groups in total. The number of amides is 8. The molecular weight excluding hydrogens is 1160 g/mol. The number of benzene rings is 5. The number of urea groups is 1. The van der Waals surface area contributed by atoms with E-state index in [-0.39, 0.29) is 48.9 Å². The fraction of sp³-hybridized carbons (Fsp3) is 0.311. The topological polar surface area (TPSA) is 292 Å². The van der Waals surface area contributed by atoms with Crippen molar-refractivity contribution in [2.75, 3.05) is 37.7 Å². The number of β-lactam (4-membered cyclic amide) rings is 1. The summed E-state index contributed by atoms with van der Waals surface area (Å²) >= 11 is 2.55. The molecule has 0 spiro atoms. The number of aromatic nitrogens is 4. The first-order chi connectivity index (χ1) is 41.9. The van der Waals surface area contributed by atoms with E-state index < -0.39 is 102 Å². The van der Waals surface area contributed by atoms with E-state index in [2.05, 4.69) is 36.8 Å². The average Bonchev–Trinajstić information content (AvgIpc) is 0.946. The number of imide groups is 1. The van der Waals surface area contributed by atoms with Gasteiger partial charge < -0.3 is 45.1 Å². The molecule has 3 aliphatic heterocycles. The molecule has 2 saturated heterocycles. The van der Waals surface area contributed by atoms with E-state index >= 15 is 0 Å². The Balaban J connectivity index is 0.907. The number of nitrogens with zero attached hydrogens (tertiary/aromatic N) is 7. The number of likely N-dealkylation sites (N-methyl/N-ethyl adjacent to an activating group) is 1. The van der Waals surface area contributed by atoms with Crippen LogP contribution < -0.4 is 21.3 Å². The zero-order valence-electron chi connectivity index (χ0n) is 48.0. The minimum Gasteiger partial charge on any atom is -0.451 e. The van der Waals surface area contributed by atoms with Crippen LogP contribution in [0, 0.1) is 0 Å².